The second-order valence-corrected chi connectivity index (χ2v) is 9.62. The number of carbonyl (C=O) groups is 2. The van der Waals surface area contributed by atoms with Crippen LogP contribution >= 0.6 is 0 Å². The summed E-state index contributed by atoms with van der Waals surface area (Å²) in [6.45, 7) is -0.0261. The van der Waals surface area contributed by atoms with Crippen LogP contribution in [0.1, 0.15) is 11.1 Å². The van der Waals surface area contributed by atoms with E-state index in [4.69, 9.17) is 0 Å². The zero-order valence-electron chi connectivity index (χ0n) is 16.2. The lowest BCUT2D eigenvalue weighted by atomic mass is 10.0. The van der Waals surface area contributed by atoms with E-state index >= 15 is 0 Å². The molecule has 2 aliphatic heterocycles. The molecule has 3 aromatic carbocycles. The van der Waals surface area contributed by atoms with Crippen molar-refractivity contribution >= 4 is 33.0 Å². The van der Waals surface area contributed by atoms with E-state index < -0.39 is 38.1 Å². The molecule has 2 amide bonds. The van der Waals surface area contributed by atoms with Gasteiger partial charge in [0.25, 0.3) is 10.8 Å². The Kier molecular flexibility index (Phi) is 4.23. The van der Waals surface area contributed by atoms with Crippen LogP contribution in [0.25, 0.3) is 0 Å². The molecule has 0 aromatic heterocycles. The van der Waals surface area contributed by atoms with Gasteiger partial charge in [-0.05, 0) is 35.9 Å². The molecule has 0 unspecified atom stereocenters. The van der Waals surface area contributed by atoms with Crippen LogP contribution in [-0.2, 0) is 30.8 Å². The predicted molar refractivity (Wildman–Crippen MR) is 113 cm³/mol. The van der Waals surface area contributed by atoms with Gasteiger partial charge in [0.1, 0.15) is 11.6 Å². The molecule has 5 rings (SSSR count). The van der Waals surface area contributed by atoms with E-state index in [-0.39, 0.29) is 12.1 Å². The number of nitrogens with zero attached hydrogens (tertiary/aromatic N) is 2. The fourth-order valence-electron chi connectivity index (χ4n) is 4.44. The number of carbonyl (C=O) groups excluding carboxylic acids is 2. The highest BCUT2D eigenvalue weighted by atomic mass is 32.2. The second kappa shape index (κ2) is 6.75. The molecule has 0 aliphatic carbocycles. The first kappa shape index (κ1) is 19.4. The van der Waals surface area contributed by atoms with Crippen molar-refractivity contribution in [1.82, 2.24) is 0 Å². The number of para-hydroxylation sites is 2. The van der Waals surface area contributed by atoms with Gasteiger partial charge in [0.05, 0.1) is 12.2 Å². The maximum absolute atomic E-state index is 13.9. The van der Waals surface area contributed by atoms with Crippen LogP contribution in [0.2, 0.25) is 0 Å². The van der Waals surface area contributed by atoms with Crippen LogP contribution in [0.15, 0.2) is 78.9 Å². The number of anilines is 2. The molecule has 2 aliphatic rings. The Bertz CT molecular complexity index is 1330. The lowest BCUT2D eigenvalue weighted by Crippen LogP contribution is -2.54. The number of rotatable bonds is 3. The fourth-order valence-corrected chi connectivity index (χ4v) is 6.48. The van der Waals surface area contributed by atoms with Gasteiger partial charge in [-0.2, -0.15) is 0 Å². The first-order valence-electron chi connectivity index (χ1n) is 9.62. The summed E-state index contributed by atoms with van der Waals surface area (Å²) >= 11 is 0. The molecule has 1 spiro atoms. The minimum atomic E-state index is -4.22. The highest BCUT2D eigenvalue weighted by molar-refractivity contribution is 7.94. The number of sulfone groups is 1. The molecule has 6 nitrogen and oxygen atoms in total. The van der Waals surface area contributed by atoms with Gasteiger partial charge in [-0.25, -0.2) is 12.8 Å². The van der Waals surface area contributed by atoms with Gasteiger partial charge >= 0.3 is 0 Å². The van der Waals surface area contributed by atoms with Crippen LogP contribution in [-0.4, -0.2) is 26.0 Å². The Labute approximate surface area is 178 Å². The third kappa shape index (κ3) is 2.64. The van der Waals surface area contributed by atoms with Crippen molar-refractivity contribution in [2.75, 3.05) is 15.6 Å². The van der Waals surface area contributed by atoms with E-state index in [9.17, 15) is 22.4 Å². The maximum Gasteiger partial charge on any atom is 0.274 e. The van der Waals surface area contributed by atoms with Crippen molar-refractivity contribution in [3.63, 3.8) is 0 Å². The summed E-state index contributed by atoms with van der Waals surface area (Å²) in [5.41, 5.74) is 1.44. The third-order valence-corrected chi connectivity index (χ3v) is 7.77. The molecule has 1 saturated heterocycles. The molecule has 8 heteroatoms. The Balaban J connectivity index is 1.74. The van der Waals surface area contributed by atoms with E-state index in [1.807, 2.05) is 0 Å². The van der Waals surface area contributed by atoms with Gasteiger partial charge < -0.3 is 4.90 Å². The van der Waals surface area contributed by atoms with E-state index in [1.54, 1.807) is 60.7 Å². The predicted octanol–water partition coefficient (Wildman–Crippen LogP) is 2.99. The summed E-state index contributed by atoms with van der Waals surface area (Å²) < 4.78 is 40.6. The standard InChI is InChI=1S/C23H17FN2O4S/c24-17-8-6-7-16(13-17)14-25-20-12-5-4-11-19(20)23(22(25)28)26(18-9-2-1-3-10-18)21(27)15-31(23,29)30/h1-13H,14-15H2/t23-/m1/s1. The van der Waals surface area contributed by atoms with Crippen molar-refractivity contribution in [2.45, 2.75) is 11.4 Å². The van der Waals surface area contributed by atoms with Crippen LogP contribution in [0, 0.1) is 5.82 Å². The number of halogens is 1. The molecule has 1 atom stereocenters. The van der Waals surface area contributed by atoms with E-state index in [0.717, 1.165) is 4.90 Å². The molecular weight excluding hydrogens is 419 g/mol. The SMILES string of the molecule is O=C1CS(=O)(=O)[C@]2(C(=O)N(Cc3cccc(F)c3)c3ccccc32)N1c1ccccc1. The van der Waals surface area contributed by atoms with Gasteiger partial charge in [0, 0.05) is 11.3 Å². The molecule has 0 bridgehead atoms. The Hall–Kier alpha value is -3.52. The third-order valence-electron chi connectivity index (χ3n) is 5.67. The molecule has 3 aromatic rings. The number of benzene rings is 3. The Morgan fingerprint density at radius 2 is 1.61 bits per heavy atom. The molecule has 31 heavy (non-hydrogen) atoms. The minimum Gasteiger partial charge on any atom is -0.304 e. The number of hydrogen-bond donors (Lipinski definition) is 0. The van der Waals surface area contributed by atoms with Gasteiger partial charge in [0.2, 0.25) is 5.91 Å². The van der Waals surface area contributed by atoms with Crippen LogP contribution < -0.4 is 9.80 Å². The second-order valence-electron chi connectivity index (χ2n) is 7.51. The summed E-state index contributed by atoms with van der Waals surface area (Å²) in [5.74, 6) is -2.63. The van der Waals surface area contributed by atoms with Gasteiger partial charge in [0.15, 0.2) is 9.84 Å². The Morgan fingerprint density at radius 3 is 2.35 bits per heavy atom. The normalized spacial score (nSPS) is 21.7. The van der Waals surface area contributed by atoms with Crippen molar-refractivity contribution in [3.05, 3.63) is 95.8 Å². The average Bonchev–Trinajstić information content (AvgIpc) is 3.12. The first-order valence-corrected chi connectivity index (χ1v) is 11.3. The lowest BCUT2D eigenvalue weighted by molar-refractivity contribution is -0.123. The van der Waals surface area contributed by atoms with Gasteiger partial charge in [-0.1, -0.05) is 48.5 Å². The largest absolute Gasteiger partial charge is 0.304 e. The fraction of sp³-hybridized carbons (Fsp3) is 0.130. The highest BCUT2D eigenvalue weighted by Crippen LogP contribution is 2.52. The monoisotopic (exact) mass is 436 g/mol. The maximum atomic E-state index is 13.9. The highest BCUT2D eigenvalue weighted by Gasteiger charge is 2.69. The lowest BCUT2D eigenvalue weighted by Gasteiger charge is -2.32. The molecule has 0 radical (unpaired) electrons. The van der Waals surface area contributed by atoms with Crippen molar-refractivity contribution in [2.24, 2.45) is 0 Å². The summed E-state index contributed by atoms with van der Waals surface area (Å²) in [7, 11) is -4.22. The molecule has 0 N–H and O–H groups in total. The molecule has 2 heterocycles. The summed E-state index contributed by atoms with van der Waals surface area (Å²) in [4.78, 5) is 27.0. The zero-order chi connectivity index (χ0) is 21.8. The summed E-state index contributed by atoms with van der Waals surface area (Å²) in [5, 5.41) is 0. The molecule has 156 valence electrons. The summed E-state index contributed by atoms with van der Waals surface area (Å²) in [6, 6.07) is 20.6. The van der Waals surface area contributed by atoms with Crippen LogP contribution in [0.3, 0.4) is 0 Å². The number of amides is 2. The van der Waals surface area contributed by atoms with Crippen molar-refractivity contribution in [1.29, 1.82) is 0 Å². The summed E-state index contributed by atoms with van der Waals surface area (Å²) in [6.07, 6.45) is 0. The van der Waals surface area contributed by atoms with E-state index in [2.05, 4.69) is 0 Å². The van der Waals surface area contributed by atoms with Gasteiger partial charge in [-0.15, -0.1) is 0 Å². The van der Waals surface area contributed by atoms with Crippen molar-refractivity contribution < 1.29 is 22.4 Å². The van der Waals surface area contributed by atoms with Gasteiger partial charge in [-0.3, -0.25) is 14.5 Å². The first-order chi connectivity index (χ1) is 14.9. The smallest absolute Gasteiger partial charge is 0.274 e. The van der Waals surface area contributed by atoms with Crippen molar-refractivity contribution in [3.8, 4) is 0 Å². The Morgan fingerprint density at radius 1 is 0.903 bits per heavy atom. The van der Waals surface area contributed by atoms with E-state index in [0.29, 0.717) is 16.9 Å². The zero-order valence-corrected chi connectivity index (χ0v) is 17.0. The topological polar surface area (TPSA) is 74.8 Å². The molecular formula is C23H17FN2O4S. The van der Waals surface area contributed by atoms with Crippen LogP contribution in [0.5, 0.6) is 0 Å². The molecule has 0 saturated carbocycles. The quantitative estimate of drug-likeness (QED) is 0.633. The van der Waals surface area contributed by atoms with Crippen LogP contribution in [0.4, 0.5) is 15.8 Å². The van der Waals surface area contributed by atoms with E-state index in [1.165, 1.54) is 23.1 Å². The average molecular weight is 436 g/mol. The number of hydrogen-bond acceptors (Lipinski definition) is 4. The molecule has 1 fully saturated rings. The minimum absolute atomic E-state index is 0.0261. The number of fused-ring (bicyclic) bond motifs is 2.